The summed E-state index contributed by atoms with van der Waals surface area (Å²) < 4.78 is 29.3. The Hall–Kier alpha value is -3.14. The summed E-state index contributed by atoms with van der Waals surface area (Å²) in [6.45, 7) is -0.177. The van der Waals surface area contributed by atoms with Crippen LogP contribution in [0.3, 0.4) is 0 Å². The van der Waals surface area contributed by atoms with Crippen LogP contribution in [0.5, 0.6) is 0 Å². The molecule has 0 radical (unpaired) electrons. The van der Waals surface area contributed by atoms with E-state index in [2.05, 4.69) is 10.6 Å². The zero-order valence-corrected chi connectivity index (χ0v) is 20.1. The summed E-state index contributed by atoms with van der Waals surface area (Å²) in [6.07, 6.45) is 0.347. The number of hydrogen-bond donors (Lipinski definition) is 2. The predicted octanol–water partition coefficient (Wildman–Crippen LogP) is -1.36. The fraction of sp³-hybridized carbons (Fsp3) is 0.273. The van der Waals surface area contributed by atoms with Crippen LogP contribution in [-0.2, 0) is 32.2 Å². The molecule has 35 heavy (non-hydrogen) atoms. The van der Waals surface area contributed by atoms with Crippen molar-refractivity contribution in [1.82, 2.24) is 15.5 Å². The Balaban J connectivity index is 1.57. The van der Waals surface area contributed by atoms with Gasteiger partial charge in [-0.25, -0.2) is 0 Å². The van der Waals surface area contributed by atoms with Crippen LogP contribution in [0, 0.1) is 0 Å². The van der Waals surface area contributed by atoms with Gasteiger partial charge in [0.15, 0.2) is 0 Å². The first-order valence-corrected chi connectivity index (χ1v) is 11.5. The lowest BCUT2D eigenvalue weighted by Gasteiger charge is -2.40. The molecular weight excluding hydrogens is 476 g/mol. The van der Waals surface area contributed by atoms with Crippen molar-refractivity contribution in [3.63, 3.8) is 0 Å². The standard InChI is InChI=1S/C22H21B3ClF2N3O4/c23-17-10(9-29-20(35)21(27,28)11-2-4-12(26)5-3-11)1-6-13-16(17)22(24,25)31(19(13)34)14-7-8-15(32)30-18(14)33/h1-6,14H,7-9,23-25H2,(H,29,35)(H,30,32,33). The maximum absolute atomic E-state index is 14.6. The number of rotatable bonds is 5. The maximum Gasteiger partial charge on any atom is 0.349 e. The second-order valence-corrected chi connectivity index (χ2v) is 9.67. The number of nitrogens with zero attached hydrogens (tertiary/aromatic N) is 1. The zero-order chi connectivity index (χ0) is 25.7. The van der Waals surface area contributed by atoms with Crippen molar-refractivity contribution in [3.05, 3.63) is 63.7 Å². The van der Waals surface area contributed by atoms with Gasteiger partial charge < -0.3 is 10.2 Å². The number of fused-ring (bicyclic) bond motifs is 1. The number of piperidine rings is 1. The van der Waals surface area contributed by atoms with E-state index in [1.807, 2.05) is 0 Å². The molecule has 1 fully saturated rings. The number of carbonyl (C=O) groups excluding carboxylic acids is 4. The van der Waals surface area contributed by atoms with Crippen molar-refractivity contribution in [3.8, 4) is 0 Å². The molecule has 1 atom stereocenters. The van der Waals surface area contributed by atoms with Gasteiger partial charge in [-0.2, -0.15) is 8.78 Å². The fourth-order valence-corrected chi connectivity index (χ4v) is 5.08. The van der Waals surface area contributed by atoms with Crippen LogP contribution in [-0.4, -0.2) is 58.1 Å². The van der Waals surface area contributed by atoms with Gasteiger partial charge in [-0.15, -0.1) is 0 Å². The number of alkyl halides is 2. The average Bonchev–Trinajstić information content (AvgIpc) is 2.99. The van der Waals surface area contributed by atoms with E-state index in [0.717, 1.165) is 12.1 Å². The Kier molecular flexibility index (Phi) is 6.29. The molecular formula is C22H21B3ClF2N3O4. The fourth-order valence-electron chi connectivity index (χ4n) is 4.95. The summed E-state index contributed by atoms with van der Waals surface area (Å²) in [5.41, 5.74) is 1.81. The van der Waals surface area contributed by atoms with Crippen molar-refractivity contribution in [2.24, 2.45) is 0 Å². The summed E-state index contributed by atoms with van der Waals surface area (Å²) in [4.78, 5) is 51.1. The average molecular weight is 497 g/mol. The first-order chi connectivity index (χ1) is 16.4. The van der Waals surface area contributed by atoms with Crippen molar-refractivity contribution in [1.29, 1.82) is 0 Å². The van der Waals surface area contributed by atoms with E-state index in [9.17, 15) is 28.0 Å². The summed E-state index contributed by atoms with van der Waals surface area (Å²) in [7, 11) is 5.34. The highest BCUT2D eigenvalue weighted by Gasteiger charge is 2.49. The molecule has 2 aromatic rings. The van der Waals surface area contributed by atoms with Crippen molar-refractivity contribution in [2.75, 3.05) is 0 Å². The third kappa shape index (κ3) is 4.24. The van der Waals surface area contributed by atoms with Crippen LogP contribution in [0.1, 0.15) is 39.9 Å². The van der Waals surface area contributed by atoms with E-state index in [0.29, 0.717) is 22.2 Å². The molecule has 0 aliphatic carbocycles. The highest BCUT2D eigenvalue weighted by atomic mass is 35.5. The Morgan fingerprint density at radius 1 is 1.17 bits per heavy atom. The Morgan fingerprint density at radius 3 is 2.46 bits per heavy atom. The lowest BCUT2D eigenvalue weighted by molar-refractivity contribution is -0.147. The summed E-state index contributed by atoms with van der Waals surface area (Å²) in [5, 5.41) is 3.95. The van der Waals surface area contributed by atoms with E-state index in [-0.39, 0.29) is 36.2 Å². The second-order valence-electron chi connectivity index (χ2n) is 9.24. The van der Waals surface area contributed by atoms with Crippen LogP contribution in [0.25, 0.3) is 0 Å². The number of amides is 4. The third-order valence-electron chi connectivity index (χ3n) is 6.69. The van der Waals surface area contributed by atoms with Gasteiger partial charge in [-0.05, 0) is 35.7 Å². The van der Waals surface area contributed by atoms with Gasteiger partial charge >= 0.3 is 5.92 Å². The van der Waals surface area contributed by atoms with Gasteiger partial charge in [-0.1, -0.05) is 35.3 Å². The van der Waals surface area contributed by atoms with Crippen LogP contribution in [0.4, 0.5) is 8.78 Å². The molecule has 0 aromatic heterocycles. The molecule has 1 unspecified atom stereocenters. The van der Waals surface area contributed by atoms with Crippen LogP contribution in [0.2, 0.25) is 5.02 Å². The SMILES string of the molecule is Bc1c(CNC(=O)C(F)(F)c2ccc(Cl)cc2)ccc2c1C(B)(B)N(C1CCC(=O)NC1=O)C2=O. The van der Waals surface area contributed by atoms with Crippen LogP contribution in [0.15, 0.2) is 36.4 Å². The molecule has 4 rings (SSSR count). The normalized spacial score (nSPS) is 19.3. The highest BCUT2D eigenvalue weighted by molar-refractivity contribution is 6.47. The van der Waals surface area contributed by atoms with Crippen molar-refractivity contribution >= 4 is 64.2 Å². The number of hydrogen-bond acceptors (Lipinski definition) is 4. The van der Waals surface area contributed by atoms with Gasteiger partial charge in [0, 0.05) is 34.5 Å². The molecule has 0 spiro atoms. The molecule has 0 bridgehead atoms. The lowest BCUT2D eigenvalue weighted by atomic mass is 9.55. The number of carbonyl (C=O) groups is 4. The molecule has 2 aromatic carbocycles. The minimum Gasteiger partial charge on any atom is -0.346 e. The Morgan fingerprint density at radius 2 is 1.83 bits per heavy atom. The highest BCUT2D eigenvalue weighted by Crippen LogP contribution is 2.37. The first kappa shape index (κ1) is 25.0. The zero-order valence-electron chi connectivity index (χ0n) is 19.4. The molecule has 2 heterocycles. The van der Waals surface area contributed by atoms with Gasteiger partial charge in [0.1, 0.15) is 29.6 Å². The minimum atomic E-state index is -3.76. The molecule has 178 valence electrons. The summed E-state index contributed by atoms with van der Waals surface area (Å²) in [6, 6.07) is 7.16. The van der Waals surface area contributed by atoms with E-state index in [4.69, 9.17) is 11.6 Å². The molecule has 7 nitrogen and oxygen atoms in total. The summed E-state index contributed by atoms with van der Waals surface area (Å²) in [5.74, 6) is -6.46. The monoisotopic (exact) mass is 497 g/mol. The molecule has 2 N–H and O–H groups in total. The van der Waals surface area contributed by atoms with Gasteiger partial charge in [-0.3, -0.25) is 24.5 Å². The van der Waals surface area contributed by atoms with E-state index < -0.39 is 34.7 Å². The first-order valence-electron chi connectivity index (χ1n) is 11.1. The van der Waals surface area contributed by atoms with Gasteiger partial charge in [0.2, 0.25) is 11.8 Å². The van der Waals surface area contributed by atoms with E-state index in [1.165, 1.54) is 17.0 Å². The molecule has 13 heteroatoms. The summed E-state index contributed by atoms with van der Waals surface area (Å²) >= 11 is 5.74. The smallest absolute Gasteiger partial charge is 0.346 e. The minimum absolute atomic E-state index is 0.130. The van der Waals surface area contributed by atoms with Gasteiger partial charge in [0.25, 0.3) is 11.8 Å². The molecule has 1 saturated heterocycles. The number of nitrogens with one attached hydrogen (secondary N) is 2. The topological polar surface area (TPSA) is 95.6 Å². The Labute approximate surface area is 208 Å². The van der Waals surface area contributed by atoms with Crippen LogP contribution < -0.4 is 16.1 Å². The molecule has 0 saturated carbocycles. The molecule has 2 aliphatic rings. The maximum atomic E-state index is 14.6. The molecule has 4 amide bonds. The quantitative estimate of drug-likeness (QED) is 0.395. The van der Waals surface area contributed by atoms with Gasteiger partial charge in [0.05, 0.1) is 0 Å². The molecule has 2 aliphatic heterocycles. The number of halogens is 3. The van der Waals surface area contributed by atoms with E-state index >= 15 is 0 Å². The largest absolute Gasteiger partial charge is 0.349 e. The second kappa shape index (κ2) is 8.82. The van der Waals surface area contributed by atoms with Crippen LogP contribution >= 0.6 is 11.6 Å². The van der Waals surface area contributed by atoms with Crippen molar-refractivity contribution in [2.45, 2.75) is 36.7 Å². The Bertz CT molecular complexity index is 1260. The van der Waals surface area contributed by atoms with Crippen molar-refractivity contribution < 1.29 is 28.0 Å². The lowest BCUT2D eigenvalue weighted by Crippen LogP contribution is -2.59. The van der Waals surface area contributed by atoms with E-state index in [1.54, 1.807) is 35.7 Å². The predicted molar refractivity (Wildman–Crippen MR) is 133 cm³/mol. The number of imide groups is 1. The third-order valence-corrected chi connectivity index (χ3v) is 6.95. The number of benzene rings is 2.